The van der Waals surface area contributed by atoms with Crippen molar-refractivity contribution in [1.82, 2.24) is 10.3 Å². The predicted octanol–water partition coefficient (Wildman–Crippen LogP) is 2.25. The molecule has 5 heteroatoms. The molecule has 1 heterocycles. The molecule has 0 aliphatic heterocycles. The summed E-state index contributed by atoms with van der Waals surface area (Å²) < 4.78 is 19.2. The van der Waals surface area contributed by atoms with E-state index in [4.69, 9.17) is 4.74 Å². The highest BCUT2D eigenvalue weighted by molar-refractivity contribution is 5.87. The molecule has 1 aromatic heterocycles. The van der Waals surface area contributed by atoms with Gasteiger partial charge in [-0.1, -0.05) is 48.5 Å². The van der Waals surface area contributed by atoms with Gasteiger partial charge < -0.3 is 22.5 Å². The van der Waals surface area contributed by atoms with Gasteiger partial charge in [-0.2, -0.15) is 0 Å². The fourth-order valence-corrected chi connectivity index (χ4v) is 3.19. The van der Waals surface area contributed by atoms with E-state index in [1.165, 1.54) is 17.5 Å². The summed E-state index contributed by atoms with van der Waals surface area (Å²) >= 11 is 0. The molecule has 0 saturated heterocycles. The van der Waals surface area contributed by atoms with E-state index in [9.17, 15) is 4.39 Å². The summed E-state index contributed by atoms with van der Waals surface area (Å²) in [5, 5.41) is 5.80. The van der Waals surface area contributed by atoms with Crippen LogP contribution in [0, 0.1) is 5.82 Å². The van der Waals surface area contributed by atoms with Crippen molar-refractivity contribution >= 4 is 10.8 Å². The molecule has 148 valence electrons. The van der Waals surface area contributed by atoms with Crippen LogP contribution in [0.3, 0.4) is 0 Å². The second-order valence-corrected chi connectivity index (χ2v) is 6.60. The highest BCUT2D eigenvalue weighted by Gasteiger charge is 2.09. The Morgan fingerprint density at radius 1 is 0.828 bits per heavy atom. The Morgan fingerprint density at radius 2 is 1.62 bits per heavy atom. The number of pyridine rings is 1. The number of nitrogens with zero attached hydrogens (tertiary/aromatic N) is 1. The van der Waals surface area contributed by atoms with Crippen molar-refractivity contribution in [2.45, 2.75) is 19.7 Å². The average molecular weight is 408 g/mol. The van der Waals surface area contributed by atoms with Crippen LogP contribution in [-0.4, -0.2) is 4.98 Å². The molecule has 4 rings (SSSR count). The summed E-state index contributed by atoms with van der Waals surface area (Å²) in [7, 11) is 0. The third-order valence-corrected chi connectivity index (χ3v) is 4.64. The SMILES string of the molecule is Fc1ccc(COc2ccc3ccccc3c2CNCc2ccccn2)cc1.[Cl-]. The van der Waals surface area contributed by atoms with Crippen molar-refractivity contribution in [3.63, 3.8) is 0 Å². The Balaban J connectivity index is 0.00000240. The van der Waals surface area contributed by atoms with Crippen LogP contribution in [0.5, 0.6) is 5.75 Å². The zero-order valence-corrected chi connectivity index (χ0v) is 16.6. The number of hydrogen-bond donors (Lipinski definition) is 1. The molecule has 3 aromatic carbocycles. The normalized spacial score (nSPS) is 10.5. The van der Waals surface area contributed by atoms with Crippen LogP contribution in [0.4, 0.5) is 4.39 Å². The zero-order valence-electron chi connectivity index (χ0n) is 15.8. The van der Waals surface area contributed by atoms with Gasteiger partial charge >= 0.3 is 0 Å². The predicted molar refractivity (Wildman–Crippen MR) is 109 cm³/mol. The smallest absolute Gasteiger partial charge is 0.124 e. The Bertz CT molecular complexity index is 1060. The summed E-state index contributed by atoms with van der Waals surface area (Å²) in [4.78, 5) is 4.35. The number of halogens is 2. The molecule has 0 fully saturated rings. The van der Waals surface area contributed by atoms with Crippen molar-refractivity contribution in [2.24, 2.45) is 0 Å². The highest BCUT2D eigenvalue weighted by atomic mass is 35.5. The Morgan fingerprint density at radius 3 is 2.41 bits per heavy atom. The van der Waals surface area contributed by atoms with E-state index in [0.29, 0.717) is 19.7 Å². The third kappa shape index (κ3) is 5.31. The molecule has 0 aliphatic rings. The Hall–Kier alpha value is -2.95. The molecule has 0 aliphatic carbocycles. The molecule has 29 heavy (non-hydrogen) atoms. The van der Waals surface area contributed by atoms with Crippen molar-refractivity contribution in [3.05, 3.63) is 108 Å². The molecular weight excluding hydrogens is 387 g/mol. The van der Waals surface area contributed by atoms with Gasteiger partial charge in [0.1, 0.15) is 18.2 Å². The first kappa shape index (κ1) is 20.8. The third-order valence-electron chi connectivity index (χ3n) is 4.64. The van der Waals surface area contributed by atoms with Crippen molar-refractivity contribution < 1.29 is 21.5 Å². The van der Waals surface area contributed by atoms with Crippen molar-refractivity contribution in [3.8, 4) is 5.75 Å². The molecule has 0 unspecified atom stereocenters. The van der Waals surface area contributed by atoms with Gasteiger partial charge in [-0.05, 0) is 46.7 Å². The molecule has 4 aromatic rings. The number of ether oxygens (including phenoxy) is 1. The molecule has 3 nitrogen and oxygen atoms in total. The summed E-state index contributed by atoms with van der Waals surface area (Å²) in [6.07, 6.45) is 1.80. The summed E-state index contributed by atoms with van der Waals surface area (Å²) in [6.45, 7) is 1.74. The van der Waals surface area contributed by atoms with Crippen molar-refractivity contribution in [2.75, 3.05) is 0 Å². The Labute approximate surface area is 176 Å². The summed E-state index contributed by atoms with van der Waals surface area (Å²) in [5.41, 5.74) is 3.04. The van der Waals surface area contributed by atoms with E-state index >= 15 is 0 Å². The second-order valence-electron chi connectivity index (χ2n) is 6.60. The number of hydrogen-bond acceptors (Lipinski definition) is 3. The van der Waals surface area contributed by atoms with Gasteiger partial charge in [0.15, 0.2) is 0 Å². The minimum Gasteiger partial charge on any atom is -1.00 e. The lowest BCUT2D eigenvalue weighted by Crippen LogP contribution is -3.00. The lowest BCUT2D eigenvalue weighted by molar-refractivity contribution is -0.00000658. The monoisotopic (exact) mass is 407 g/mol. The van der Waals surface area contributed by atoms with Crippen LogP contribution in [0.2, 0.25) is 0 Å². The maximum absolute atomic E-state index is 13.1. The molecule has 0 radical (unpaired) electrons. The van der Waals surface area contributed by atoms with Crippen LogP contribution in [0.1, 0.15) is 16.8 Å². The molecule has 0 spiro atoms. The number of rotatable bonds is 7. The Kier molecular flexibility index (Phi) is 7.17. The van der Waals surface area contributed by atoms with E-state index in [1.807, 2.05) is 36.4 Å². The molecule has 1 N–H and O–H groups in total. The van der Waals surface area contributed by atoms with Gasteiger partial charge in [-0.25, -0.2) is 4.39 Å². The van der Waals surface area contributed by atoms with Gasteiger partial charge in [-0.15, -0.1) is 0 Å². The fourth-order valence-electron chi connectivity index (χ4n) is 3.19. The van der Waals surface area contributed by atoms with E-state index in [1.54, 1.807) is 18.3 Å². The minimum atomic E-state index is -0.242. The largest absolute Gasteiger partial charge is 1.00 e. The topological polar surface area (TPSA) is 34.1 Å². The van der Waals surface area contributed by atoms with Crippen molar-refractivity contribution in [1.29, 1.82) is 0 Å². The molecule has 0 saturated carbocycles. The van der Waals surface area contributed by atoms with E-state index < -0.39 is 0 Å². The van der Waals surface area contributed by atoms with Gasteiger partial charge in [0.2, 0.25) is 0 Å². The zero-order chi connectivity index (χ0) is 19.2. The average Bonchev–Trinajstić information content (AvgIpc) is 2.75. The molecule has 0 amide bonds. The van der Waals surface area contributed by atoms with E-state index in [0.717, 1.165) is 28.0 Å². The first-order valence-corrected chi connectivity index (χ1v) is 9.28. The number of aromatic nitrogens is 1. The fraction of sp³-hybridized carbons (Fsp3) is 0.125. The van der Waals surface area contributed by atoms with Crippen LogP contribution in [-0.2, 0) is 19.7 Å². The standard InChI is InChI=1S/C24H21FN2O.ClH/c25-20-11-8-18(9-12-20)17-28-24-13-10-19-5-1-2-7-22(19)23(24)16-26-15-21-6-3-4-14-27-21;/h1-14,26H,15-17H2;1H/p-1. The van der Waals surface area contributed by atoms with Crippen LogP contribution >= 0.6 is 0 Å². The first-order chi connectivity index (χ1) is 13.8. The van der Waals surface area contributed by atoms with Crippen LogP contribution < -0.4 is 22.5 Å². The molecule has 0 bridgehead atoms. The van der Waals surface area contributed by atoms with Gasteiger partial charge in [0.05, 0.1) is 5.69 Å². The maximum Gasteiger partial charge on any atom is 0.124 e. The van der Waals surface area contributed by atoms with E-state index in [-0.39, 0.29) is 18.2 Å². The number of fused-ring (bicyclic) bond motifs is 1. The van der Waals surface area contributed by atoms with Gasteiger partial charge in [-0.3, -0.25) is 4.98 Å². The summed E-state index contributed by atoms with van der Waals surface area (Å²) in [5.74, 6) is 0.588. The second kappa shape index (κ2) is 10.0. The lowest BCUT2D eigenvalue weighted by atomic mass is 10.0. The first-order valence-electron chi connectivity index (χ1n) is 9.28. The number of benzene rings is 3. The maximum atomic E-state index is 13.1. The highest BCUT2D eigenvalue weighted by Crippen LogP contribution is 2.29. The van der Waals surface area contributed by atoms with Crippen LogP contribution in [0.25, 0.3) is 10.8 Å². The van der Waals surface area contributed by atoms with E-state index in [2.05, 4.69) is 28.5 Å². The van der Waals surface area contributed by atoms with Crippen LogP contribution in [0.15, 0.2) is 85.1 Å². The molecular formula is C24H21ClFN2O-. The quantitative estimate of drug-likeness (QED) is 0.510. The summed E-state index contributed by atoms with van der Waals surface area (Å²) in [6, 6.07) is 24.6. The number of nitrogens with one attached hydrogen (secondary N) is 1. The van der Waals surface area contributed by atoms with Gasteiger partial charge in [0, 0.05) is 24.8 Å². The minimum absolute atomic E-state index is 0. The molecule has 0 atom stereocenters. The van der Waals surface area contributed by atoms with Gasteiger partial charge in [0.25, 0.3) is 0 Å². The lowest BCUT2D eigenvalue weighted by Gasteiger charge is -2.15.